The van der Waals surface area contributed by atoms with E-state index in [1.54, 1.807) is 24.1 Å². The maximum absolute atomic E-state index is 13.5. The third kappa shape index (κ3) is 4.86. The topological polar surface area (TPSA) is 94.2 Å². The summed E-state index contributed by atoms with van der Waals surface area (Å²) >= 11 is 0. The first kappa shape index (κ1) is 23.6. The molecule has 0 spiro atoms. The molecule has 2 aliphatic heterocycles. The molecule has 1 fully saturated rings. The van der Waals surface area contributed by atoms with Crippen molar-refractivity contribution in [2.75, 3.05) is 26.1 Å². The van der Waals surface area contributed by atoms with Gasteiger partial charge in [-0.25, -0.2) is 8.78 Å². The third-order valence-corrected chi connectivity index (χ3v) is 6.07. The number of methoxy groups -OCH3 is 1. The number of likely N-dealkylation sites (N-methyl/N-ethyl adjacent to an activating group) is 1. The first-order chi connectivity index (χ1) is 16.3. The van der Waals surface area contributed by atoms with Crippen molar-refractivity contribution in [3.05, 3.63) is 59.2 Å². The Bertz CT molecular complexity index is 1120. The van der Waals surface area contributed by atoms with Gasteiger partial charge in [-0.2, -0.15) is 0 Å². The predicted octanol–water partition coefficient (Wildman–Crippen LogP) is 3.16. The van der Waals surface area contributed by atoms with E-state index >= 15 is 0 Å². The number of nitrogens with zero attached hydrogens (tertiary/aromatic N) is 1. The molecule has 1 saturated heterocycles. The Hall–Kier alpha value is -3.53. The Balaban J connectivity index is 1.52. The summed E-state index contributed by atoms with van der Waals surface area (Å²) in [4.78, 5) is 38.9. The van der Waals surface area contributed by atoms with Crippen molar-refractivity contribution in [3.63, 3.8) is 0 Å². The van der Waals surface area contributed by atoms with Gasteiger partial charge in [0.1, 0.15) is 18.5 Å². The zero-order valence-electron chi connectivity index (χ0n) is 18.7. The molecule has 0 radical (unpaired) electrons. The van der Waals surface area contributed by atoms with Crippen molar-refractivity contribution >= 4 is 23.5 Å². The van der Waals surface area contributed by atoms with Crippen LogP contribution in [-0.4, -0.2) is 61.7 Å². The monoisotopic (exact) mass is 474 g/mol. The number of hydrogen-bond acceptors (Lipinski definition) is 6. The number of carbonyl (C=O) groups excluding carboxylic acids is 3. The summed E-state index contributed by atoms with van der Waals surface area (Å²) in [5.41, 5.74) is 0.490. The van der Waals surface area contributed by atoms with Crippen LogP contribution >= 0.6 is 0 Å². The van der Waals surface area contributed by atoms with Crippen LogP contribution in [0.25, 0.3) is 0 Å². The fourth-order valence-electron chi connectivity index (χ4n) is 4.22. The van der Waals surface area contributed by atoms with Gasteiger partial charge in [-0.1, -0.05) is 0 Å². The van der Waals surface area contributed by atoms with E-state index in [9.17, 15) is 23.2 Å². The van der Waals surface area contributed by atoms with Crippen LogP contribution in [-0.2, 0) is 14.3 Å². The number of amides is 2. The molecule has 2 aromatic carbocycles. The smallest absolute Gasteiger partial charge is 0.308 e. The summed E-state index contributed by atoms with van der Waals surface area (Å²) in [6.45, 7) is 0.174. The normalized spacial score (nSPS) is 21.9. The van der Waals surface area contributed by atoms with Crippen molar-refractivity contribution in [2.24, 2.45) is 0 Å². The first-order valence-electron chi connectivity index (χ1n) is 10.8. The lowest BCUT2D eigenvalue weighted by atomic mass is 9.94. The highest BCUT2D eigenvalue weighted by molar-refractivity contribution is 6.05. The van der Waals surface area contributed by atoms with E-state index in [1.807, 2.05) is 0 Å². The molecule has 0 saturated carbocycles. The number of anilines is 1. The van der Waals surface area contributed by atoms with Crippen LogP contribution in [0.15, 0.2) is 36.4 Å². The fraction of sp³-hybridized carbons (Fsp3) is 0.375. The number of fused-ring (bicyclic) bond motifs is 2. The average Bonchev–Trinajstić information content (AvgIpc) is 2.83. The Labute approximate surface area is 194 Å². The summed E-state index contributed by atoms with van der Waals surface area (Å²) in [7, 11) is 3.00. The molecule has 0 aromatic heterocycles. The van der Waals surface area contributed by atoms with Crippen LogP contribution in [0.2, 0.25) is 0 Å². The molecule has 3 atom stereocenters. The molecule has 2 aromatic rings. The molecule has 2 amide bonds. The van der Waals surface area contributed by atoms with E-state index < -0.39 is 23.6 Å². The Morgan fingerprint density at radius 2 is 1.94 bits per heavy atom. The van der Waals surface area contributed by atoms with E-state index in [0.717, 1.165) is 12.1 Å². The summed E-state index contributed by atoms with van der Waals surface area (Å²) in [5.74, 6) is -3.19. The Morgan fingerprint density at radius 3 is 2.68 bits per heavy atom. The van der Waals surface area contributed by atoms with E-state index in [4.69, 9.17) is 14.2 Å². The number of rotatable bonds is 4. The van der Waals surface area contributed by atoms with Gasteiger partial charge in [0.05, 0.1) is 31.2 Å². The lowest BCUT2D eigenvalue weighted by Crippen LogP contribution is -2.53. The Kier molecular flexibility index (Phi) is 6.78. The molecule has 180 valence electrons. The maximum Gasteiger partial charge on any atom is 0.308 e. The van der Waals surface area contributed by atoms with Crippen molar-refractivity contribution in [3.8, 4) is 5.75 Å². The number of hydrogen-bond donors (Lipinski definition) is 1. The zero-order valence-corrected chi connectivity index (χ0v) is 18.7. The van der Waals surface area contributed by atoms with E-state index in [-0.39, 0.29) is 48.2 Å². The largest absolute Gasteiger partial charge is 0.490 e. The van der Waals surface area contributed by atoms with Crippen molar-refractivity contribution < 1.29 is 37.4 Å². The molecule has 0 bridgehead atoms. The highest BCUT2D eigenvalue weighted by atomic mass is 19.2. The second-order valence-electron chi connectivity index (χ2n) is 8.24. The van der Waals surface area contributed by atoms with Gasteiger partial charge in [0.25, 0.3) is 11.8 Å². The molecular weight excluding hydrogens is 450 g/mol. The maximum atomic E-state index is 13.5. The van der Waals surface area contributed by atoms with Gasteiger partial charge in [-0.3, -0.25) is 14.4 Å². The summed E-state index contributed by atoms with van der Waals surface area (Å²) in [5, 5.41) is 2.59. The molecule has 4 rings (SSSR count). The van der Waals surface area contributed by atoms with E-state index in [0.29, 0.717) is 24.3 Å². The van der Waals surface area contributed by atoms with Crippen LogP contribution in [0.3, 0.4) is 0 Å². The van der Waals surface area contributed by atoms with Gasteiger partial charge < -0.3 is 24.4 Å². The first-order valence-corrected chi connectivity index (χ1v) is 10.8. The molecule has 34 heavy (non-hydrogen) atoms. The molecule has 0 aliphatic carbocycles. The second-order valence-corrected chi connectivity index (χ2v) is 8.24. The number of benzene rings is 2. The fourth-order valence-corrected chi connectivity index (χ4v) is 4.22. The predicted molar refractivity (Wildman–Crippen MR) is 117 cm³/mol. The van der Waals surface area contributed by atoms with Crippen molar-refractivity contribution in [2.45, 2.75) is 37.5 Å². The van der Waals surface area contributed by atoms with Crippen molar-refractivity contribution in [1.82, 2.24) is 4.90 Å². The van der Waals surface area contributed by atoms with Crippen LogP contribution in [0.1, 0.15) is 40.0 Å². The Morgan fingerprint density at radius 1 is 1.15 bits per heavy atom. The molecule has 0 unspecified atom stereocenters. The summed E-state index contributed by atoms with van der Waals surface area (Å²) < 4.78 is 43.3. The lowest BCUT2D eigenvalue weighted by Gasteiger charge is -2.42. The van der Waals surface area contributed by atoms with Gasteiger partial charge in [-0.15, -0.1) is 0 Å². The molecular formula is C24H24F2N2O6. The zero-order chi connectivity index (χ0) is 24.4. The molecule has 2 heterocycles. The van der Waals surface area contributed by atoms with Gasteiger partial charge in [0.2, 0.25) is 0 Å². The van der Waals surface area contributed by atoms with Gasteiger partial charge >= 0.3 is 5.97 Å². The minimum absolute atomic E-state index is 0.0611. The second kappa shape index (κ2) is 9.76. The molecule has 8 nitrogen and oxygen atoms in total. The lowest BCUT2D eigenvalue weighted by molar-refractivity contribution is -0.151. The standard InChI is InChI=1S/C24H24F2N2O6/c1-28-19-7-5-15(11-22(29)32-2)34-21(19)12-33-20-8-4-14(10-16(20)24(28)31)27-23(30)13-3-6-17(25)18(26)9-13/h3-4,6,8-10,15,19,21H,5,7,11-12H2,1-2H3,(H,27,30)/t15-,19-,21-/m1/s1. The number of nitrogens with one attached hydrogen (secondary N) is 1. The van der Waals surface area contributed by atoms with Crippen LogP contribution < -0.4 is 10.1 Å². The minimum atomic E-state index is -1.13. The SMILES string of the molecule is COC(=O)C[C@H]1CC[C@@H]2[C@@H](COc3ccc(NC(=O)c4ccc(F)c(F)c4)cc3C(=O)N2C)O1. The highest BCUT2D eigenvalue weighted by Gasteiger charge is 2.39. The summed E-state index contributed by atoms with van der Waals surface area (Å²) in [6, 6.07) is 7.17. The molecule has 2 aliphatic rings. The molecule has 10 heteroatoms. The van der Waals surface area contributed by atoms with E-state index in [2.05, 4.69) is 5.32 Å². The highest BCUT2D eigenvalue weighted by Crippen LogP contribution is 2.32. The summed E-state index contributed by atoms with van der Waals surface area (Å²) in [6.07, 6.45) is 0.617. The van der Waals surface area contributed by atoms with E-state index in [1.165, 1.54) is 19.2 Å². The quantitative estimate of drug-likeness (QED) is 0.685. The average molecular weight is 474 g/mol. The van der Waals surface area contributed by atoms with Gasteiger partial charge in [0, 0.05) is 18.3 Å². The third-order valence-electron chi connectivity index (χ3n) is 6.07. The van der Waals surface area contributed by atoms with Crippen LogP contribution in [0, 0.1) is 11.6 Å². The molecule has 1 N–H and O–H groups in total. The number of ether oxygens (including phenoxy) is 3. The number of carbonyl (C=O) groups is 3. The van der Waals surface area contributed by atoms with Gasteiger partial charge in [-0.05, 0) is 49.2 Å². The minimum Gasteiger partial charge on any atom is -0.490 e. The van der Waals surface area contributed by atoms with Crippen LogP contribution in [0.4, 0.5) is 14.5 Å². The van der Waals surface area contributed by atoms with Crippen molar-refractivity contribution in [1.29, 1.82) is 0 Å². The van der Waals surface area contributed by atoms with Gasteiger partial charge in [0.15, 0.2) is 11.6 Å². The van der Waals surface area contributed by atoms with Crippen LogP contribution in [0.5, 0.6) is 5.75 Å². The number of esters is 1. The number of halogens is 2.